The number of aliphatic carboxylic acids is 2. The molecule has 0 aromatic heterocycles. The summed E-state index contributed by atoms with van der Waals surface area (Å²) in [5.41, 5.74) is 0. The van der Waals surface area contributed by atoms with Crippen LogP contribution in [-0.2, 0) is 9.59 Å². The molecule has 2 N–H and O–H groups in total. The van der Waals surface area contributed by atoms with Gasteiger partial charge in [0, 0.05) is 13.1 Å². The normalized spacial score (nSPS) is 30.8. The topological polar surface area (TPSA) is 77.8 Å². The monoisotopic (exact) mass is 241 g/mol. The number of carboxylic acid groups (broad SMARTS) is 2. The first-order valence-corrected chi connectivity index (χ1v) is 6.26. The Kier molecular flexibility index (Phi) is 3.66. The molecule has 5 nitrogen and oxygen atoms in total. The average Bonchev–Trinajstić information content (AvgIpc) is 2.23. The number of hydrogen-bond acceptors (Lipinski definition) is 3. The highest BCUT2D eigenvalue weighted by molar-refractivity contribution is 5.80. The Hall–Kier alpha value is -1.10. The smallest absolute Gasteiger partial charge is 0.308 e. The van der Waals surface area contributed by atoms with Crippen molar-refractivity contribution in [3.8, 4) is 0 Å². The highest BCUT2D eigenvalue weighted by Crippen LogP contribution is 2.30. The average molecular weight is 241 g/mol. The van der Waals surface area contributed by atoms with E-state index in [1.165, 1.54) is 19.3 Å². The molecule has 0 radical (unpaired) electrons. The van der Waals surface area contributed by atoms with Gasteiger partial charge in [0.25, 0.3) is 0 Å². The van der Waals surface area contributed by atoms with E-state index in [4.69, 9.17) is 10.2 Å². The molecule has 0 aromatic carbocycles. The molecule has 0 amide bonds. The summed E-state index contributed by atoms with van der Waals surface area (Å²) in [6, 6.07) is 0. The molecule has 0 aromatic rings. The van der Waals surface area contributed by atoms with Gasteiger partial charge in [-0.05, 0) is 31.7 Å². The predicted molar refractivity (Wildman–Crippen MR) is 60.6 cm³/mol. The maximum absolute atomic E-state index is 11.1. The summed E-state index contributed by atoms with van der Waals surface area (Å²) >= 11 is 0. The van der Waals surface area contributed by atoms with Crippen LogP contribution in [0.4, 0.5) is 0 Å². The number of carbonyl (C=O) groups is 2. The summed E-state index contributed by atoms with van der Waals surface area (Å²) in [5, 5.41) is 18.1. The van der Waals surface area contributed by atoms with Crippen molar-refractivity contribution < 1.29 is 19.8 Å². The number of likely N-dealkylation sites (tertiary alicyclic amines) is 1. The Morgan fingerprint density at radius 2 is 1.71 bits per heavy atom. The van der Waals surface area contributed by atoms with Crippen LogP contribution in [0.15, 0.2) is 0 Å². The highest BCUT2D eigenvalue weighted by atomic mass is 16.4. The van der Waals surface area contributed by atoms with Crippen molar-refractivity contribution in [3.63, 3.8) is 0 Å². The summed E-state index contributed by atoms with van der Waals surface area (Å²) < 4.78 is 0. The maximum Gasteiger partial charge on any atom is 0.308 e. The van der Waals surface area contributed by atoms with E-state index in [1.807, 2.05) is 0 Å². The molecule has 2 atom stereocenters. The molecule has 96 valence electrons. The zero-order chi connectivity index (χ0) is 12.4. The first-order valence-electron chi connectivity index (χ1n) is 6.26. The molecule has 1 heterocycles. The third-order valence-corrected chi connectivity index (χ3v) is 4.07. The first-order chi connectivity index (χ1) is 8.08. The SMILES string of the molecule is O=C(O)C1CCN(CC2CCC2)CC1C(=O)O. The van der Waals surface area contributed by atoms with Crippen LogP contribution in [0.5, 0.6) is 0 Å². The van der Waals surface area contributed by atoms with Crippen LogP contribution in [0, 0.1) is 17.8 Å². The van der Waals surface area contributed by atoms with E-state index in [-0.39, 0.29) is 0 Å². The fourth-order valence-electron chi connectivity index (χ4n) is 2.77. The van der Waals surface area contributed by atoms with Crippen LogP contribution >= 0.6 is 0 Å². The van der Waals surface area contributed by atoms with Crippen molar-refractivity contribution in [1.29, 1.82) is 0 Å². The number of rotatable bonds is 4. The molecule has 2 unspecified atom stereocenters. The van der Waals surface area contributed by atoms with Crippen molar-refractivity contribution >= 4 is 11.9 Å². The van der Waals surface area contributed by atoms with E-state index >= 15 is 0 Å². The van der Waals surface area contributed by atoms with E-state index < -0.39 is 23.8 Å². The Labute approximate surface area is 100 Å². The van der Waals surface area contributed by atoms with Crippen molar-refractivity contribution in [2.45, 2.75) is 25.7 Å². The molecule has 1 aliphatic heterocycles. The van der Waals surface area contributed by atoms with E-state index in [9.17, 15) is 9.59 Å². The van der Waals surface area contributed by atoms with Crippen molar-refractivity contribution in [3.05, 3.63) is 0 Å². The molecule has 1 saturated carbocycles. The Balaban J connectivity index is 1.93. The van der Waals surface area contributed by atoms with Gasteiger partial charge in [-0.1, -0.05) is 6.42 Å². The van der Waals surface area contributed by atoms with E-state index in [0.29, 0.717) is 18.9 Å². The Morgan fingerprint density at radius 1 is 1.06 bits per heavy atom. The minimum Gasteiger partial charge on any atom is -0.481 e. The van der Waals surface area contributed by atoms with Crippen LogP contribution in [0.2, 0.25) is 0 Å². The van der Waals surface area contributed by atoms with E-state index in [1.54, 1.807) is 0 Å². The molecule has 5 heteroatoms. The largest absolute Gasteiger partial charge is 0.481 e. The molecule has 17 heavy (non-hydrogen) atoms. The number of hydrogen-bond donors (Lipinski definition) is 2. The van der Waals surface area contributed by atoms with Gasteiger partial charge in [0.1, 0.15) is 0 Å². The second-order valence-electron chi connectivity index (χ2n) is 5.23. The zero-order valence-electron chi connectivity index (χ0n) is 9.84. The standard InChI is InChI=1S/C12H19NO4/c14-11(15)9-4-5-13(6-8-2-1-3-8)7-10(9)12(16)17/h8-10H,1-7H2,(H,14,15)(H,16,17). The highest BCUT2D eigenvalue weighted by Gasteiger charge is 2.39. The third-order valence-electron chi connectivity index (χ3n) is 4.07. The number of nitrogens with zero attached hydrogens (tertiary/aromatic N) is 1. The van der Waals surface area contributed by atoms with Crippen molar-refractivity contribution in [2.75, 3.05) is 19.6 Å². The molecule has 0 bridgehead atoms. The van der Waals surface area contributed by atoms with Crippen LogP contribution in [-0.4, -0.2) is 46.7 Å². The molecular weight excluding hydrogens is 222 g/mol. The summed E-state index contributed by atoms with van der Waals surface area (Å²) in [7, 11) is 0. The second kappa shape index (κ2) is 5.04. The van der Waals surface area contributed by atoms with Gasteiger partial charge >= 0.3 is 11.9 Å². The summed E-state index contributed by atoms with van der Waals surface area (Å²) in [6.45, 7) is 2.05. The lowest BCUT2D eigenvalue weighted by Gasteiger charge is -2.38. The van der Waals surface area contributed by atoms with Gasteiger partial charge in [-0.2, -0.15) is 0 Å². The molecule has 2 aliphatic rings. The van der Waals surface area contributed by atoms with Gasteiger partial charge in [-0.25, -0.2) is 0 Å². The maximum atomic E-state index is 11.1. The second-order valence-corrected chi connectivity index (χ2v) is 5.23. The summed E-state index contributed by atoms with van der Waals surface area (Å²) in [6.07, 6.45) is 4.20. The van der Waals surface area contributed by atoms with E-state index in [0.717, 1.165) is 13.1 Å². The first kappa shape index (κ1) is 12.4. The number of piperidine rings is 1. The molecule has 0 spiro atoms. The van der Waals surface area contributed by atoms with Crippen molar-refractivity contribution in [2.24, 2.45) is 17.8 Å². The van der Waals surface area contributed by atoms with Gasteiger partial charge in [-0.15, -0.1) is 0 Å². The quantitative estimate of drug-likeness (QED) is 0.764. The molecule has 2 rings (SSSR count). The van der Waals surface area contributed by atoms with Gasteiger partial charge in [-0.3, -0.25) is 9.59 Å². The Bertz CT molecular complexity index is 314. The molecule has 1 saturated heterocycles. The summed E-state index contributed by atoms with van der Waals surface area (Å²) in [5.74, 6) is -2.71. The minimum absolute atomic E-state index is 0.392. The van der Waals surface area contributed by atoms with Crippen molar-refractivity contribution in [1.82, 2.24) is 4.90 Å². The lowest BCUT2D eigenvalue weighted by Crippen LogP contribution is -2.48. The molecule has 2 fully saturated rings. The molecular formula is C12H19NO4. The van der Waals surface area contributed by atoms with Crippen LogP contribution in [0.3, 0.4) is 0 Å². The lowest BCUT2D eigenvalue weighted by atomic mass is 9.82. The molecule has 1 aliphatic carbocycles. The van der Waals surface area contributed by atoms with Gasteiger partial charge < -0.3 is 15.1 Å². The van der Waals surface area contributed by atoms with E-state index in [2.05, 4.69) is 4.90 Å². The van der Waals surface area contributed by atoms with Gasteiger partial charge in [0.2, 0.25) is 0 Å². The van der Waals surface area contributed by atoms with Crippen LogP contribution in [0.1, 0.15) is 25.7 Å². The Morgan fingerprint density at radius 3 is 2.18 bits per heavy atom. The predicted octanol–water partition coefficient (Wildman–Crippen LogP) is 0.894. The lowest BCUT2D eigenvalue weighted by molar-refractivity contribution is -0.157. The summed E-state index contributed by atoms with van der Waals surface area (Å²) in [4.78, 5) is 24.2. The third kappa shape index (κ3) is 2.77. The van der Waals surface area contributed by atoms with Crippen LogP contribution in [0.25, 0.3) is 0 Å². The minimum atomic E-state index is -0.976. The number of carboxylic acids is 2. The fraction of sp³-hybridized carbons (Fsp3) is 0.833. The van der Waals surface area contributed by atoms with Gasteiger partial charge in [0.05, 0.1) is 11.8 Å². The van der Waals surface area contributed by atoms with Gasteiger partial charge in [0.15, 0.2) is 0 Å². The van der Waals surface area contributed by atoms with Crippen LogP contribution < -0.4 is 0 Å². The zero-order valence-corrected chi connectivity index (χ0v) is 9.84. The fourth-order valence-corrected chi connectivity index (χ4v) is 2.77.